The molecule has 1 aliphatic rings. The number of hydrogen-bond donors (Lipinski definition) is 1. The summed E-state index contributed by atoms with van der Waals surface area (Å²) in [6.07, 6.45) is -8.55. The van der Waals surface area contributed by atoms with Gasteiger partial charge in [0.15, 0.2) is 0 Å². The third-order valence-corrected chi connectivity index (χ3v) is 5.13. The molecule has 1 heterocycles. The van der Waals surface area contributed by atoms with Crippen molar-refractivity contribution in [2.45, 2.75) is 19.0 Å². The molecule has 12 heteroatoms. The highest BCUT2D eigenvalue weighted by Gasteiger charge is 2.38. The summed E-state index contributed by atoms with van der Waals surface area (Å²) in [5.41, 5.74) is -2.96. The Kier molecular flexibility index (Phi) is 6.28. The first-order valence-electron chi connectivity index (χ1n) is 8.29. The van der Waals surface area contributed by atoms with Crippen molar-refractivity contribution in [1.82, 2.24) is 5.32 Å². The molecule has 2 aromatic carbocycles. The van der Waals surface area contributed by atoms with E-state index in [1.54, 1.807) is 0 Å². The Hall–Kier alpha value is -2.66. The molecule has 31 heavy (non-hydrogen) atoms. The van der Waals surface area contributed by atoms with Gasteiger partial charge in [0.1, 0.15) is 12.4 Å². The van der Waals surface area contributed by atoms with Crippen molar-refractivity contribution in [2.24, 2.45) is 0 Å². The van der Waals surface area contributed by atoms with Gasteiger partial charge in [0, 0.05) is 5.56 Å². The number of nitrogens with one attached hydrogen (secondary N) is 1. The van der Waals surface area contributed by atoms with Crippen LogP contribution in [0.25, 0.3) is 6.08 Å². The first kappa shape index (κ1) is 23.0. The number of rotatable bonds is 4. The van der Waals surface area contributed by atoms with E-state index in [2.05, 4.69) is 5.32 Å². The van der Waals surface area contributed by atoms with Crippen LogP contribution in [0.15, 0.2) is 41.3 Å². The number of thioether (sulfide) groups is 1. The molecule has 0 radical (unpaired) electrons. The lowest BCUT2D eigenvalue weighted by Gasteiger charge is -2.17. The number of carbonyl (C=O) groups is 2. The smallest absolute Gasteiger partial charge is 0.416 e. The van der Waals surface area contributed by atoms with Gasteiger partial charge in [0.2, 0.25) is 0 Å². The highest BCUT2D eigenvalue weighted by atomic mass is 35.5. The third kappa shape index (κ3) is 5.53. The standard InChI is InChI=1S/C19H10ClF6NO3S/c20-13-5-9(6-15-16(28)27-17(29)31-15)1-4-14(13)30-8-10-2-3-11(18(21,22)23)7-12(10)19(24,25)26/h1-7H,8H2,(H,27,28,29)/b15-6-. The largest absolute Gasteiger partial charge is 0.487 e. The van der Waals surface area contributed by atoms with E-state index >= 15 is 0 Å². The van der Waals surface area contributed by atoms with E-state index in [-0.39, 0.29) is 21.7 Å². The highest BCUT2D eigenvalue weighted by Crippen LogP contribution is 2.38. The second kappa shape index (κ2) is 8.46. The van der Waals surface area contributed by atoms with Crippen LogP contribution in [-0.2, 0) is 23.8 Å². The Balaban J connectivity index is 1.81. The summed E-state index contributed by atoms with van der Waals surface area (Å²) < 4.78 is 83.2. The Bertz CT molecular complexity index is 1080. The lowest BCUT2D eigenvalue weighted by atomic mass is 10.0. The topological polar surface area (TPSA) is 55.4 Å². The number of carbonyl (C=O) groups excluding carboxylic acids is 2. The van der Waals surface area contributed by atoms with Gasteiger partial charge < -0.3 is 4.74 Å². The minimum atomic E-state index is -5.02. The molecule has 0 atom stereocenters. The van der Waals surface area contributed by atoms with Gasteiger partial charge in [-0.3, -0.25) is 14.9 Å². The van der Waals surface area contributed by atoms with E-state index in [1.807, 2.05) is 0 Å². The van der Waals surface area contributed by atoms with Crippen LogP contribution < -0.4 is 10.1 Å². The van der Waals surface area contributed by atoms with Crippen LogP contribution in [0, 0.1) is 0 Å². The number of amides is 2. The van der Waals surface area contributed by atoms with Crippen LogP contribution in [0.3, 0.4) is 0 Å². The van der Waals surface area contributed by atoms with Gasteiger partial charge in [0.25, 0.3) is 11.1 Å². The Morgan fingerprint density at radius 2 is 1.71 bits per heavy atom. The predicted molar refractivity (Wildman–Crippen MR) is 101 cm³/mol. The maximum absolute atomic E-state index is 13.2. The molecule has 1 saturated heterocycles. The number of benzene rings is 2. The molecular formula is C19H10ClF6NO3S. The van der Waals surface area contributed by atoms with Gasteiger partial charge in [0.05, 0.1) is 21.1 Å². The van der Waals surface area contributed by atoms with Crippen molar-refractivity contribution in [1.29, 1.82) is 0 Å². The SMILES string of the molecule is O=C1NC(=O)/C(=C/c2ccc(OCc3ccc(C(F)(F)F)cc3C(F)(F)F)c(Cl)c2)S1. The lowest BCUT2D eigenvalue weighted by molar-refractivity contribution is -0.143. The third-order valence-electron chi connectivity index (χ3n) is 4.02. The van der Waals surface area contributed by atoms with E-state index in [1.165, 1.54) is 24.3 Å². The number of ether oxygens (including phenoxy) is 1. The fourth-order valence-electron chi connectivity index (χ4n) is 2.59. The second-order valence-corrected chi connectivity index (χ2v) is 7.62. The molecule has 2 amide bonds. The normalized spacial score (nSPS) is 16.0. The second-order valence-electron chi connectivity index (χ2n) is 6.20. The van der Waals surface area contributed by atoms with Gasteiger partial charge in [-0.05, 0) is 47.7 Å². The van der Waals surface area contributed by atoms with Crippen LogP contribution in [0.4, 0.5) is 31.1 Å². The molecule has 0 aromatic heterocycles. The molecule has 0 spiro atoms. The van der Waals surface area contributed by atoms with Crippen molar-refractivity contribution in [3.63, 3.8) is 0 Å². The first-order chi connectivity index (χ1) is 14.3. The molecule has 0 unspecified atom stereocenters. The molecule has 0 bridgehead atoms. The van der Waals surface area contributed by atoms with Crippen molar-refractivity contribution in [3.8, 4) is 5.75 Å². The van der Waals surface area contributed by atoms with Gasteiger partial charge in [-0.15, -0.1) is 0 Å². The van der Waals surface area contributed by atoms with E-state index in [4.69, 9.17) is 16.3 Å². The Morgan fingerprint density at radius 1 is 1.00 bits per heavy atom. The number of hydrogen-bond acceptors (Lipinski definition) is 4. The van der Waals surface area contributed by atoms with E-state index in [0.717, 1.165) is 0 Å². The zero-order chi connectivity index (χ0) is 23.0. The number of halogens is 7. The maximum atomic E-state index is 13.2. The highest BCUT2D eigenvalue weighted by molar-refractivity contribution is 8.18. The molecule has 1 fully saturated rings. The average Bonchev–Trinajstić information content (AvgIpc) is 2.96. The van der Waals surface area contributed by atoms with Gasteiger partial charge in [-0.25, -0.2) is 0 Å². The summed E-state index contributed by atoms with van der Waals surface area (Å²) in [4.78, 5) is 22.9. The zero-order valence-corrected chi connectivity index (χ0v) is 16.6. The van der Waals surface area contributed by atoms with Gasteiger partial charge in [-0.2, -0.15) is 26.3 Å². The Labute approximate surface area is 180 Å². The molecule has 1 N–H and O–H groups in total. The molecule has 3 rings (SSSR count). The molecule has 164 valence electrons. The summed E-state index contributed by atoms with van der Waals surface area (Å²) in [7, 11) is 0. The quantitative estimate of drug-likeness (QED) is 0.412. The summed E-state index contributed by atoms with van der Waals surface area (Å²) in [5.74, 6) is -0.593. The fraction of sp³-hybridized carbons (Fsp3) is 0.158. The van der Waals surface area contributed by atoms with E-state index in [0.29, 0.717) is 29.5 Å². The van der Waals surface area contributed by atoms with Crippen LogP contribution in [0.1, 0.15) is 22.3 Å². The molecule has 0 aliphatic carbocycles. The number of imide groups is 1. The summed E-state index contributed by atoms with van der Waals surface area (Å²) in [5, 5.41) is 1.54. The zero-order valence-electron chi connectivity index (χ0n) is 15.0. The fourth-order valence-corrected chi connectivity index (χ4v) is 3.52. The van der Waals surface area contributed by atoms with Crippen LogP contribution in [0.5, 0.6) is 5.75 Å². The van der Waals surface area contributed by atoms with E-state index in [9.17, 15) is 35.9 Å². The van der Waals surface area contributed by atoms with E-state index < -0.39 is 46.8 Å². The van der Waals surface area contributed by atoms with Crippen molar-refractivity contribution in [2.75, 3.05) is 0 Å². The molecule has 2 aromatic rings. The van der Waals surface area contributed by atoms with Crippen LogP contribution >= 0.6 is 23.4 Å². The molecule has 0 saturated carbocycles. The summed E-state index contributed by atoms with van der Waals surface area (Å²) >= 11 is 6.75. The van der Waals surface area contributed by atoms with Crippen molar-refractivity contribution in [3.05, 3.63) is 68.6 Å². The number of alkyl halides is 6. The van der Waals surface area contributed by atoms with Crippen molar-refractivity contribution < 1.29 is 40.7 Å². The van der Waals surface area contributed by atoms with Crippen molar-refractivity contribution >= 4 is 40.6 Å². The van der Waals surface area contributed by atoms with Gasteiger partial charge in [-0.1, -0.05) is 23.7 Å². The Morgan fingerprint density at radius 3 is 2.26 bits per heavy atom. The van der Waals surface area contributed by atoms with Crippen LogP contribution in [-0.4, -0.2) is 11.1 Å². The average molecular weight is 482 g/mol. The predicted octanol–water partition coefficient (Wildman–Crippen LogP) is 6.28. The minimum absolute atomic E-state index is 0.00967. The lowest BCUT2D eigenvalue weighted by Crippen LogP contribution is -2.17. The molecule has 1 aliphatic heterocycles. The molecule has 4 nitrogen and oxygen atoms in total. The van der Waals surface area contributed by atoms with Gasteiger partial charge >= 0.3 is 12.4 Å². The minimum Gasteiger partial charge on any atom is -0.487 e. The monoisotopic (exact) mass is 481 g/mol. The summed E-state index contributed by atoms with van der Waals surface area (Å²) in [6.45, 7) is -0.681. The molecular weight excluding hydrogens is 472 g/mol. The first-order valence-corrected chi connectivity index (χ1v) is 9.48. The maximum Gasteiger partial charge on any atom is 0.416 e. The van der Waals surface area contributed by atoms with Crippen LogP contribution in [0.2, 0.25) is 5.02 Å². The summed E-state index contributed by atoms with van der Waals surface area (Å²) in [6, 6.07) is 5.40.